The Morgan fingerprint density at radius 2 is 2.00 bits per heavy atom. The van der Waals surface area contributed by atoms with Gasteiger partial charge in [0.25, 0.3) is 5.56 Å². The van der Waals surface area contributed by atoms with Crippen molar-refractivity contribution in [1.29, 1.82) is 0 Å². The third kappa shape index (κ3) is 1.96. The highest BCUT2D eigenvalue weighted by molar-refractivity contribution is 9.10. The van der Waals surface area contributed by atoms with Gasteiger partial charge in [0, 0.05) is 5.38 Å². The van der Waals surface area contributed by atoms with Crippen molar-refractivity contribution in [2.24, 2.45) is 0 Å². The number of benzene rings is 1. The quantitative estimate of drug-likeness (QED) is 0.822. The third-order valence-electron chi connectivity index (χ3n) is 1.88. The smallest absolute Gasteiger partial charge is 0.267 e. The number of rotatable bonds is 2. The van der Waals surface area contributed by atoms with Gasteiger partial charge in [0.2, 0.25) is 0 Å². The monoisotopic (exact) mass is 269 g/mol. The lowest BCUT2D eigenvalue weighted by atomic mass is 10.2. The molecule has 14 heavy (non-hydrogen) atoms. The van der Waals surface area contributed by atoms with Crippen LogP contribution in [0.1, 0.15) is 5.56 Å². The fraction of sp³-hybridized carbons (Fsp3) is 0.100. The second-order valence-electron chi connectivity index (χ2n) is 2.90. The van der Waals surface area contributed by atoms with Crippen molar-refractivity contribution in [2.75, 3.05) is 0 Å². The van der Waals surface area contributed by atoms with Crippen molar-refractivity contribution in [1.82, 2.24) is 3.96 Å². The molecule has 2 aromatic rings. The minimum absolute atomic E-state index is 0.0406. The van der Waals surface area contributed by atoms with Crippen LogP contribution in [0.15, 0.2) is 45.0 Å². The van der Waals surface area contributed by atoms with Crippen molar-refractivity contribution < 1.29 is 0 Å². The molecular formula is C10H8BrNOS. The molecule has 0 spiro atoms. The molecule has 0 atom stereocenters. The van der Waals surface area contributed by atoms with Crippen molar-refractivity contribution in [2.45, 2.75) is 6.54 Å². The fourth-order valence-corrected chi connectivity index (χ4v) is 2.51. The summed E-state index contributed by atoms with van der Waals surface area (Å²) in [5.41, 5.74) is 1.18. The Bertz CT molecular complexity index is 474. The highest BCUT2D eigenvalue weighted by Crippen LogP contribution is 2.09. The number of hydrogen-bond acceptors (Lipinski definition) is 2. The lowest BCUT2D eigenvalue weighted by Gasteiger charge is -1.99. The van der Waals surface area contributed by atoms with Gasteiger partial charge in [-0.25, -0.2) is 0 Å². The number of aromatic nitrogens is 1. The lowest BCUT2D eigenvalue weighted by molar-refractivity contribution is 0.846. The second-order valence-corrected chi connectivity index (χ2v) is 4.64. The second kappa shape index (κ2) is 4.11. The van der Waals surface area contributed by atoms with Crippen LogP contribution in [0, 0.1) is 0 Å². The molecule has 2 nitrogen and oxygen atoms in total. The van der Waals surface area contributed by atoms with E-state index in [1.807, 2.05) is 35.7 Å². The zero-order valence-corrected chi connectivity index (χ0v) is 9.72. The van der Waals surface area contributed by atoms with Crippen molar-refractivity contribution in [3.63, 3.8) is 0 Å². The largest absolute Gasteiger partial charge is 0.275 e. The standard InChI is InChI=1S/C10H8BrNOS/c11-9-7-14-12(10(9)13)6-8-4-2-1-3-5-8/h1-5,7H,6H2. The van der Waals surface area contributed by atoms with Gasteiger partial charge in [0.1, 0.15) is 0 Å². The number of nitrogens with zero attached hydrogens (tertiary/aromatic N) is 1. The molecule has 0 aliphatic rings. The van der Waals surface area contributed by atoms with E-state index in [4.69, 9.17) is 0 Å². The molecule has 0 radical (unpaired) electrons. The first-order chi connectivity index (χ1) is 6.77. The van der Waals surface area contributed by atoms with E-state index in [0.717, 1.165) is 5.56 Å². The first-order valence-corrected chi connectivity index (χ1v) is 5.78. The maximum atomic E-state index is 11.5. The predicted molar refractivity (Wildman–Crippen MR) is 61.8 cm³/mol. The van der Waals surface area contributed by atoms with Crippen LogP contribution in [-0.4, -0.2) is 3.96 Å². The van der Waals surface area contributed by atoms with Crippen molar-refractivity contribution in [3.8, 4) is 0 Å². The number of hydrogen-bond donors (Lipinski definition) is 0. The predicted octanol–water partition coefficient (Wildman–Crippen LogP) is 2.72. The summed E-state index contributed by atoms with van der Waals surface area (Å²) >= 11 is 4.63. The molecule has 0 amide bonds. The van der Waals surface area contributed by atoms with Gasteiger partial charge in [0.05, 0.1) is 11.0 Å². The summed E-state index contributed by atoms with van der Waals surface area (Å²) < 4.78 is 2.36. The molecule has 72 valence electrons. The summed E-state index contributed by atoms with van der Waals surface area (Å²) in [6.07, 6.45) is 0. The Balaban J connectivity index is 2.28. The van der Waals surface area contributed by atoms with Gasteiger partial charge < -0.3 is 0 Å². The van der Waals surface area contributed by atoms with Gasteiger partial charge in [0.15, 0.2) is 0 Å². The minimum Gasteiger partial charge on any atom is -0.267 e. The SMILES string of the molecule is O=c1c(Br)csn1Cc1ccccc1. The van der Waals surface area contributed by atoms with Gasteiger partial charge in [-0.05, 0) is 21.5 Å². The van der Waals surface area contributed by atoms with Crippen molar-refractivity contribution in [3.05, 3.63) is 56.1 Å². The zero-order chi connectivity index (χ0) is 9.97. The lowest BCUT2D eigenvalue weighted by Crippen LogP contribution is -2.13. The van der Waals surface area contributed by atoms with E-state index < -0.39 is 0 Å². The Hall–Kier alpha value is -0.870. The van der Waals surface area contributed by atoms with E-state index in [-0.39, 0.29) is 5.56 Å². The molecule has 2 rings (SSSR count). The van der Waals surface area contributed by atoms with Crippen LogP contribution in [0.4, 0.5) is 0 Å². The number of halogens is 1. The summed E-state index contributed by atoms with van der Waals surface area (Å²) in [4.78, 5) is 11.5. The maximum Gasteiger partial charge on any atom is 0.275 e. The van der Waals surface area contributed by atoms with Gasteiger partial charge >= 0.3 is 0 Å². The van der Waals surface area contributed by atoms with E-state index in [1.165, 1.54) is 11.5 Å². The Morgan fingerprint density at radius 1 is 1.29 bits per heavy atom. The summed E-state index contributed by atoms with van der Waals surface area (Å²) in [6, 6.07) is 9.95. The van der Waals surface area contributed by atoms with Crippen LogP contribution in [0.3, 0.4) is 0 Å². The van der Waals surface area contributed by atoms with Crippen LogP contribution in [0.5, 0.6) is 0 Å². The molecule has 0 unspecified atom stereocenters. The molecule has 1 aromatic carbocycles. The Kier molecular flexibility index (Phi) is 2.84. The molecule has 0 saturated heterocycles. The molecule has 0 aliphatic carbocycles. The molecule has 0 N–H and O–H groups in total. The average Bonchev–Trinajstić information content (AvgIpc) is 2.52. The summed E-state index contributed by atoms with van der Waals surface area (Å²) in [6.45, 7) is 0.649. The van der Waals surface area contributed by atoms with Gasteiger partial charge in [-0.3, -0.25) is 8.75 Å². The van der Waals surface area contributed by atoms with Crippen LogP contribution in [0.2, 0.25) is 0 Å². The van der Waals surface area contributed by atoms with Gasteiger partial charge in [-0.1, -0.05) is 41.9 Å². The molecule has 0 bridgehead atoms. The summed E-state index contributed by atoms with van der Waals surface area (Å²) in [5, 5.41) is 1.81. The van der Waals surface area contributed by atoms with Crippen LogP contribution < -0.4 is 5.56 Å². The van der Waals surface area contributed by atoms with Gasteiger partial charge in [-0.15, -0.1) is 0 Å². The van der Waals surface area contributed by atoms with E-state index in [2.05, 4.69) is 15.9 Å². The fourth-order valence-electron chi connectivity index (χ4n) is 1.19. The topological polar surface area (TPSA) is 22.0 Å². The average molecular weight is 270 g/mol. The van der Waals surface area contributed by atoms with E-state index in [1.54, 1.807) is 3.96 Å². The van der Waals surface area contributed by atoms with Crippen LogP contribution >= 0.6 is 27.5 Å². The molecule has 1 heterocycles. The van der Waals surface area contributed by atoms with Gasteiger partial charge in [-0.2, -0.15) is 0 Å². The highest BCUT2D eigenvalue weighted by Gasteiger charge is 2.03. The third-order valence-corrected chi connectivity index (χ3v) is 3.64. The van der Waals surface area contributed by atoms with Crippen LogP contribution in [0.25, 0.3) is 0 Å². The first kappa shape index (κ1) is 9.68. The summed E-state index contributed by atoms with van der Waals surface area (Å²) in [7, 11) is 0. The Morgan fingerprint density at radius 3 is 2.57 bits per heavy atom. The van der Waals surface area contributed by atoms with E-state index in [9.17, 15) is 4.79 Å². The Labute approximate surface area is 94.1 Å². The van der Waals surface area contributed by atoms with Crippen LogP contribution in [-0.2, 0) is 6.54 Å². The molecule has 1 aromatic heterocycles. The minimum atomic E-state index is 0.0406. The zero-order valence-electron chi connectivity index (χ0n) is 7.31. The molecule has 4 heteroatoms. The molecular weight excluding hydrogens is 262 g/mol. The molecule has 0 aliphatic heterocycles. The van der Waals surface area contributed by atoms with E-state index >= 15 is 0 Å². The normalized spacial score (nSPS) is 10.4. The molecule has 0 saturated carbocycles. The highest BCUT2D eigenvalue weighted by atomic mass is 79.9. The molecule has 0 fully saturated rings. The summed E-state index contributed by atoms with van der Waals surface area (Å²) in [5.74, 6) is 0. The maximum absolute atomic E-state index is 11.5. The van der Waals surface area contributed by atoms with E-state index in [0.29, 0.717) is 11.0 Å². The first-order valence-electron chi connectivity index (χ1n) is 4.15. The van der Waals surface area contributed by atoms with Crippen molar-refractivity contribution >= 4 is 27.5 Å².